The third-order valence-electron chi connectivity index (χ3n) is 4.11. The van der Waals surface area contributed by atoms with Crippen molar-refractivity contribution in [2.24, 2.45) is 11.7 Å². The van der Waals surface area contributed by atoms with Gasteiger partial charge in [-0.25, -0.2) is 4.98 Å². The van der Waals surface area contributed by atoms with Gasteiger partial charge in [-0.05, 0) is 5.92 Å². The lowest BCUT2D eigenvalue weighted by molar-refractivity contribution is 0.0383. The molecule has 0 spiro atoms. The van der Waals surface area contributed by atoms with E-state index >= 15 is 0 Å². The van der Waals surface area contributed by atoms with E-state index in [1.807, 2.05) is 6.92 Å². The number of hydrogen-bond acceptors (Lipinski definition) is 6. The van der Waals surface area contributed by atoms with Crippen LogP contribution in [0.4, 0.5) is 0 Å². The molecular weight excluding hydrogens is 284 g/mol. The summed E-state index contributed by atoms with van der Waals surface area (Å²) in [7, 11) is 0. The lowest BCUT2D eigenvalue weighted by Gasteiger charge is -2.26. The maximum atomic E-state index is 12.0. The van der Waals surface area contributed by atoms with Gasteiger partial charge in [0, 0.05) is 26.2 Å². The zero-order valence-corrected chi connectivity index (χ0v) is 13.4. The Balaban J connectivity index is 1.78. The molecule has 1 aliphatic heterocycles. The predicted molar refractivity (Wildman–Crippen MR) is 82.5 cm³/mol. The SMILES string of the molecule is CCC(C)C(N)c1nc(C(=O)NCCN2CCOCC2)co1. The summed E-state index contributed by atoms with van der Waals surface area (Å²) in [4.78, 5) is 18.5. The standard InChI is InChI=1S/C15H26N4O3/c1-3-11(2)13(16)15-18-12(10-22-15)14(20)17-4-5-19-6-8-21-9-7-19/h10-11,13H,3-9,16H2,1-2H3,(H,17,20). The number of hydrogen-bond donors (Lipinski definition) is 2. The summed E-state index contributed by atoms with van der Waals surface area (Å²) in [5, 5.41) is 2.86. The first-order valence-electron chi connectivity index (χ1n) is 7.91. The Hall–Kier alpha value is -1.44. The highest BCUT2D eigenvalue weighted by molar-refractivity contribution is 5.91. The van der Waals surface area contributed by atoms with E-state index in [4.69, 9.17) is 14.9 Å². The summed E-state index contributed by atoms with van der Waals surface area (Å²) in [6.45, 7) is 8.83. The van der Waals surface area contributed by atoms with Crippen molar-refractivity contribution in [2.75, 3.05) is 39.4 Å². The smallest absolute Gasteiger partial charge is 0.273 e. The Kier molecular flexibility index (Phi) is 6.35. The summed E-state index contributed by atoms with van der Waals surface area (Å²) in [6, 6.07) is -0.278. The Bertz CT molecular complexity index is 471. The number of carbonyl (C=O) groups excluding carboxylic acids is 1. The zero-order valence-electron chi connectivity index (χ0n) is 13.4. The number of carbonyl (C=O) groups is 1. The van der Waals surface area contributed by atoms with Crippen LogP contribution < -0.4 is 11.1 Å². The van der Waals surface area contributed by atoms with Gasteiger partial charge in [-0.15, -0.1) is 0 Å². The molecule has 0 saturated carbocycles. The summed E-state index contributed by atoms with van der Waals surface area (Å²) in [5.74, 6) is 0.461. The highest BCUT2D eigenvalue weighted by atomic mass is 16.5. The molecule has 1 aromatic heterocycles. The Labute approximate surface area is 131 Å². The molecule has 1 saturated heterocycles. The topological polar surface area (TPSA) is 93.6 Å². The highest BCUT2D eigenvalue weighted by Crippen LogP contribution is 2.20. The molecule has 2 unspecified atom stereocenters. The summed E-state index contributed by atoms with van der Waals surface area (Å²) in [5.41, 5.74) is 6.34. The minimum absolute atomic E-state index is 0.223. The van der Waals surface area contributed by atoms with Gasteiger partial charge in [-0.2, -0.15) is 0 Å². The number of nitrogens with zero attached hydrogens (tertiary/aromatic N) is 2. The third-order valence-corrected chi connectivity index (χ3v) is 4.11. The first-order valence-corrected chi connectivity index (χ1v) is 7.91. The molecule has 1 fully saturated rings. The molecule has 7 nitrogen and oxygen atoms in total. The fraction of sp³-hybridized carbons (Fsp3) is 0.733. The van der Waals surface area contributed by atoms with Gasteiger partial charge in [0.05, 0.1) is 19.3 Å². The molecule has 7 heteroatoms. The van der Waals surface area contributed by atoms with Crippen LogP contribution in [0.3, 0.4) is 0 Å². The first kappa shape index (κ1) is 16.9. The van der Waals surface area contributed by atoms with Crippen molar-refractivity contribution in [1.29, 1.82) is 0 Å². The Morgan fingerprint density at radius 1 is 1.50 bits per heavy atom. The molecule has 0 bridgehead atoms. The van der Waals surface area contributed by atoms with Crippen molar-refractivity contribution in [3.63, 3.8) is 0 Å². The van der Waals surface area contributed by atoms with Gasteiger partial charge in [0.25, 0.3) is 5.91 Å². The number of rotatable bonds is 7. The molecule has 1 aliphatic rings. The van der Waals surface area contributed by atoms with Crippen LogP contribution in [0, 0.1) is 5.92 Å². The van der Waals surface area contributed by atoms with Gasteiger partial charge >= 0.3 is 0 Å². The lowest BCUT2D eigenvalue weighted by Crippen LogP contribution is -2.41. The second kappa shape index (κ2) is 8.26. The number of aromatic nitrogens is 1. The molecule has 2 heterocycles. The third kappa shape index (κ3) is 4.53. The fourth-order valence-electron chi connectivity index (χ4n) is 2.29. The van der Waals surface area contributed by atoms with Crippen LogP contribution in [0.2, 0.25) is 0 Å². The minimum atomic E-state index is -0.278. The van der Waals surface area contributed by atoms with Crippen LogP contribution in [0.5, 0.6) is 0 Å². The maximum absolute atomic E-state index is 12.0. The van der Waals surface area contributed by atoms with E-state index in [1.54, 1.807) is 0 Å². The van der Waals surface area contributed by atoms with Gasteiger partial charge in [0.2, 0.25) is 5.89 Å². The molecule has 22 heavy (non-hydrogen) atoms. The van der Waals surface area contributed by atoms with Crippen LogP contribution in [0.1, 0.15) is 42.7 Å². The highest BCUT2D eigenvalue weighted by Gasteiger charge is 2.21. The number of ether oxygens (including phenoxy) is 1. The lowest BCUT2D eigenvalue weighted by atomic mass is 10.0. The van der Waals surface area contributed by atoms with E-state index in [0.717, 1.165) is 39.3 Å². The molecule has 124 valence electrons. The second-order valence-corrected chi connectivity index (χ2v) is 5.69. The molecular formula is C15H26N4O3. The van der Waals surface area contributed by atoms with Crippen molar-refractivity contribution in [2.45, 2.75) is 26.3 Å². The fourth-order valence-corrected chi connectivity index (χ4v) is 2.29. The van der Waals surface area contributed by atoms with Crippen molar-refractivity contribution in [1.82, 2.24) is 15.2 Å². The Morgan fingerprint density at radius 3 is 2.91 bits per heavy atom. The monoisotopic (exact) mass is 310 g/mol. The quantitative estimate of drug-likeness (QED) is 0.773. The molecule has 3 N–H and O–H groups in total. The van der Waals surface area contributed by atoms with Crippen LogP contribution >= 0.6 is 0 Å². The molecule has 1 aromatic rings. The van der Waals surface area contributed by atoms with Gasteiger partial charge in [0.15, 0.2) is 5.69 Å². The largest absolute Gasteiger partial charge is 0.446 e. The second-order valence-electron chi connectivity index (χ2n) is 5.69. The summed E-state index contributed by atoms with van der Waals surface area (Å²) < 4.78 is 10.6. The molecule has 2 atom stereocenters. The normalized spacial score (nSPS) is 18.9. The van der Waals surface area contributed by atoms with Gasteiger partial charge in [-0.1, -0.05) is 20.3 Å². The summed E-state index contributed by atoms with van der Waals surface area (Å²) >= 11 is 0. The molecule has 0 aromatic carbocycles. The number of amides is 1. The molecule has 0 aliphatic carbocycles. The van der Waals surface area contributed by atoms with Crippen molar-refractivity contribution in [3.8, 4) is 0 Å². The molecule has 1 amide bonds. The van der Waals surface area contributed by atoms with Gasteiger partial charge in [-0.3, -0.25) is 9.69 Å². The molecule has 0 radical (unpaired) electrons. The van der Waals surface area contributed by atoms with E-state index in [1.165, 1.54) is 6.26 Å². The van der Waals surface area contributed by atoms with Crippen molar-refractivity contribution >= 4 is 5.91 Å². The van der Waals surface area contributed by atoms with E-state index < -0.39 is 0 Å². The molecule has 2 rings (SSSR count). The predicted octanol–water partition coefficient (Wildman–Crippen LogP) is 0.783. The Morgan fingerprint density at radius 2 is 2.23 bits per heavy atom. The van der Waals surface area contributed by atoms with Gasteiger partial charge < -0.3 is 20.2 Å². The van der Waals surface area contributed by atoms with E-state index in [2.05, 4.69) is 22.1 Å². The van der Waals surface area contributed by atoms with Crippen LogP contribution in [0.15, 0.2) is 10.7 Å². The first-order chi connectivity index (χ1) is 10.6. The van der Waals surface area contributed by atoms with Crippen LogP contribution in [-0.4, -0.2) is 55.2 Å². The summed E-state index contributed by atoms with van der Waals surface area (Å²) in [6.07, 6.45) is 2.31. The van der Waals surface area contributed by atoms with E-state index in [0.29, 0.717) is 12.4 Å². The van der Waals surface area contributed by atoms with E-state index in [-0.39, 0.29) is 23.6 Å². The number of morpholine rings is 1. The van der Waals surface area contributed by atoms with Crippen LogP contribution in [0.25, 0.3) is 0 Å². The van der Waals surface area contributed by atoms with Crippen LogP contribution in [-0.2, 0) is 4.74 Å². The zero-order chi connectivity index (χ0) is 15.9. The number of oxazole rings is 1. The number of nitrogens with two attached hydrogens (primary N) is 1. The van der Waals surface area contributed by atoms with Crippen molar-refractivity contribution in [3.05, 3.63) is 17.8 Å². The van der Waals surface area contributed by atoms with Gasteiger partial charge in [0.1, 0.15) is 6.26 Å². The minimum Gasteiger partial charge on any atom is -0.446 e. The average Bonchev–Trinajstić information content (AvgIpc) is 3.04. The van der Waals surface area contributed by atoms with Crippen molar-refractivity contribution < 1.29 is 13.9 Å². The average molecular weight is 310 g/mol. The maximum Gasteiger partial charge on any atom is 0.273 e. The number of nitrogens with one attached hydrogen (secondary N) is 1. The van der Waals surface area contributed by atoms with E-state index in [9.17, 15) is 4.79 Å².